The van der Waals surface area contributed by atoms with Crippen molar-refractivity contribution in [1.29, 1.82) is 0 Å². The van der Waals surface area contributed by atoms with Crippen LogP contribution in [0.4, 0.5) is 4.79 Å². The molecule has 3 aromatic rings. The Hall–Kier alpha value is -1.89. The highest BCUT2D eigenvalue weighted by Gasteiger charge is 2.35. The summed E-state index contributed by atoms with van der Waals surface area (Å²) in [5.41, 5.74) is 0.973. The number of benzene rings is 2. The first kappa shape index (κ1) is 16.6. The summed E-state index contributed by atoms with van der Waals surface area (Å²) in [6.07, 6.45) is 1.78. The Labute approximate surface area is 161 Å². The summed E-state index contributed by atoms with van der Waals surface area (Å²) in [7, 11) is 0. The third-order valence-electron chi connectivity index (χ3n) is 3.94. The maximum absolute atomic E-state index is 12.7. The van der Waals surface area contributed by atoms with E-state index in [2.05, 4.69) is 15.9 Å². The van der Waals surface area contributed by atoms with Crippen LogP contribution in [0.15, 0.2) is 63.3 Å². The zero-order valence-electron chi connectivity index (χ0n) is 12.9. The molecule has 0 unspecified atom stereocenters. The smallest absolute Gasteiger partial charge is 0.268 e. The van der Waals surface area contributed by atoms with E-state index in [9.17, 15) is 9.59 Å². The molecule has 0 bridgehead atoms. The van der Waals surface area contributed by atoms with E-state index in [-0.39, 0.29) is 17.7 Å². The number of carbonyl (C=O) groups is 2. The topological polar surface area (TPSA) is 37.4 Å². The van der Waals surface area contributed by atoms with Crippen molar-refractivity contribution in [3.63, 3.8) is 0 Å². The van der Waals surface area contributed by atoms with Gasteiger partial charge in [0.25, 0.3) is 11.1 Å². The normalized spacial score (nSPS) is 16.4. The monoisotopic (exact) mass is 429 g/mol. The second-order valence-corrected chi connectivity index (χ2v) is 8.43. The largest absolute Gasteiger partial charge is 0.293 e. The van der Waals surface area contributed by atoms with Crippen molar-refractivity contribution in [3.05, 3.63) is 73.7 Å². The number of amides is 2. The second-order valence-electron chi connectivity index (χ2n) is 5.57. The Kier molecular flexibility index (Phi) is 4.50. The van der Waals surface area contributed by atoms with Crippen LogP contribution in [0.3, 0.4) is 0 Å². The second kappa shape index (κ2) is 6.78. The van der Waals surface area contributed by atoms with Gasteiger partial charge in [-0.25, -0.2) is 0 Å². The van der Waals surface area contributed by atoms with Crippen LogP contribution in [-0.2, 0) is 11.3 Å². The van der Waals surface area contributed by atoms with Crippen molar-refractivity contribution in [2.45, 2.75) is 6.54 Å². The highest BCUT2D eigenvalue weighted by Crippen LogP contribution is 2.35. The van der Waals surface area contributed by atoms with Gasteiger partial charge in [-0.1, -0.05) is 42.5 Å². The Balaban J connectivity index is 1.63. The molecule has 0 atom stereocenters. The van der Waals surface area contributed by atoms with Crippen LogP contribution in [0.2, 0.25) is 0 Å². The molecule has 1 aliphatic heterocycles. The lowest BCUT2D eigenvalue weighted by molar-refractivity contribution is -0.123. The van der Waals surface area contributed by atoms with Gasteiger partial charge in [-0.05, 0) is 56.2 Å². The van der Waals surface area contributed by atoms with Crippen molar-refractivity contribution in [2.24, 2.45) is 0 Å². The number of carbonyl (C=O) groups excluding carboxylic acids is 2. The van der Waals surface area contributed by atoms with Gasteiger partial charge in [0.1, 0.15) is 0 Å². The highest BCUT2D eigenvalue weighted by molar-refractivity contribution is 9.10. The van der Waals surface area contributed by atoms with Gasteiger partial charge < -0.3 is 0 Å². The molecule has 6 heteroatoms. The molecule has 1 aromatic heterocycles. The Morgan fingerprint density at radius 1 is 1.08 bits per heavy atom. The van der Waals surface area contributed by atoms with E-state index in [0.717, 1.165) is 37.4 Å². The third-order valence-corrected chi connectivity index (χ3v) is 6.49. The van der Waals surface area contributed by atoms with Crippen LogP contribution >= 0.6 is 39.0 Å². The van der Waals surface area contributed by atoms with Gasteiger partial charge in [-0.3, -0.25) is 14.5 Å². The Morgan fingerprint density at radius 2 is 1.88 bits per heavy atom. The van der Waals surface area contributed by atoms with Crippen molar-refractivity contribution < 1.29 is 9.59 Å². The van der Waals surface area contributed by atoms with E-state index in [0.29, 0.717) is 4.91 Å². The Bertz CT molecular complexity index is 1020. The van der Waals surface area contributed by atoms with Gasteiger partial charge in [0.2, 0.25) is 0 Å². The molecule has 2 heterocycles. The zero-order chi connectivity index (χ0) is 17.4. The maximum Gasteiger partial charge on any atom is 0.293 e. The summed E-state index contributed by atoms with van der Waals surface area (Å²) in [6, 6.07) is 15.9. The third kappa shape index (κ3) is 3.29. The quantitative estimate of drug-likeness (QED) is 0.486. The predicted octanol–water partition coefficient (Wildman–Crippen LogP) is 5.90. The average molecular weight is 430 g/mol. The number of fused-ring (bicyclic) bond motifs is 1. The molecule has 1 aliphatic rings. The lowest BCUT2D eigenvalue weighted by atomic mass is 10.0. The summed E-state index contributed by atoms with van der Waals surface area (Å²) < 4.78 is 0.971. The van der Waals surface area contributed by atoms with Crippen molar-refractivity contribution in [2.75, 3.05) is 0 Å². The predicted molar refractivity (Wildman–Crippen MR) is 107 cm³/mol. The van der Waals surface area contributed by atoms with Crippen molar-refractivity contribution >= 4 is 67.0 Å². The van der Waals surface area contributed by atoms with Gasteiger partial charge in [0, 0.05) is 14.7 Å². The molecule has 0 radical (unpaired) electrons. The van der Waals surface area contributed by atoms with Gasteiger partial charge >= 0.3 is 0 Å². The number of thiophene rings is 1. The summed E-state index contributed by atoms with van der Waals surface area (Å²) in [4.78, 5) is 27.8. The van der Waals surface area contributed by atoms with E-state index in [4.69, 9.17) is 0 Å². The Morgan fingerprint density at radius 3 is 2.68 bits per heavy atom. The van der Waals surface area contributed by atoms with Gasteiger partial charge in [-0.2, -0.15) is 0 Å². The molecule has 4 rings (SSSR count). The summed E-state index contributed by atoms with van der Waals surface area (Å²) >= 11 is 5.93. The van der Waals surface area contributed by atoms with Crippen LogP contribution in [0.5, 0.6) is 0 Å². The van der Waals surface area contributed by atoms with Gasteiger partial charge in [-0.15, -0.1) is 11.3 Å². The summed E-state index contributed by atoms with van der Waals surface area (Å²) in [6.45, 7) is 0.289. The van der Waals surface area contributed by atoms with Crippen LogP contribution in [0, 0.1) is 0 Å². The minimum Gasteiger partial charge on any atom is -0.268 e. The van der Waals surface area contributed by atoms with E-state index in [1.165, 1.54) is 16.2 Å². The molecule has 124 valence electrons. The van der Waals surface area contributed by atoms with Crippen LogP contribution < -0.4 is 0 Å². The van der Waals surface area contributed by atoms with E-state index in [1.54, 1.807) is 6.08 Å². The number of hydrogen-bond donors (Lipinski definition) is 0. The SMILES string of the molecule is O=C1S/C(=C/c2cc(Br)cs2)C(=O)N1Cc1cccc2ccccc12. The van der Waals surface area contributed by atoms with E-state index in [1.807, 2.05) is 53.9 Å². The number of imide groups is 1. The minimum atomic E-state index is -0.229. The fraction of sp³-hybridized carbons (Fsp3) is 0.0526. The molecular weight excluding hydrogens is 418 g/mol. The van der Waals surface area contributed by atoms with Crippen molar-refractivity contribution in [1.82, 2.24) is 4.90 Å². The number of thioether (sulfide) groups is 1. The molecule has 3 nitrogen and oxygen atoms in total. The number of rotatable bonds is 3. The molecular formula is C19H12BrNO2S2. The fourth-order valence-corrected chi connectivity index (χ4v) is 5.05. The number of halogens is 1. The lowest BCUT2D eigenvalue weighted by Crippen LogP contribution is -2.27. The van der Waals surface area contributed by atoms with Crippen molar-refractivity contribution in [3.8, 4) is 0 Å². The molecule has 1 fully saturated rings. The molecule has 0 N–H and O–H groups in total. The maximum atomic E-state index is 12.7. The first-order chi connectivity index (χ1) is 12.1. The molecule has 2 amide bonds. The van der Waals surface area contributed by atoms with Crippen LogP contribution in [-0.4, -0.2) is 16.0 Å². The number of hydrogen-bond acceptors (Lipinski definition) is 4. The molecule has 0 aliphatic carbocycles. The zero-order valence-corrected chi connectivity index (χ0v) is 16.2. The summed E-state index contributed by atoms with van der Waals surface area (Å²) in [5, 5.41) is 3.90. The van der Waals surface area contributed by atoms with Gasteiger partial charge in [0.05, 0.1) is 11.4 Å². The molecule has 1 saturated heterocycles. The standard InChI is InChI=1S/C19H12BrNO2S2/c20-14-8-15(24-11-14)9-17-18(22)21(19(23)25-17)10-13-6-3-5-12-4-1-2-7-16(12)13/h1-9,11H,10H2/b17-9+. The first-order valence-electron chi connectivity index (χ1n) is 7.58. The molecule has 2 aromatic carbocycles. The molecule has 0 spiro atoms. The lowest BCUT2D eigenvalue weighted by Gasteiger charge is -2.14. The summed E-state index contributed by atoms with van der Waals surface area (Å²) in [5.74, 6) is -0.229. The molecule has 0 saturated carbocycles. The van der Waals surface area contributed by atoms with Crippen LogP contribution in [0.1, 0.15) is 10.4 Å². The fourth-order valence-electron chi connectivity index (χ4n) is 2.77. The minimum absolute atomic E-state index is 0.222. The van der Waals surface area contributed by atoms with Crippen LogP contribution in [0.25, 0.3) is 16.8 Å². The molecule has 25 heavy (non-hydrogen) atoms. The van der Waals surface area contributed by atoms with E-state index >= 15 is 0 Å². The average Bonchev–Trinajstić information content (AvgIpc) is 3.13. The van der Waals surface area contributed by atoms with E-state index < -0.39 is 0 Å². The number of nitrogens with zero attached hydrogens (tertiary/aromatic N) is 1. The van der Waals surface area contributed by atoms with Gasteiger partial charge in [0.15, 0.2) is 0 Å². The highest BCUT2D eigenvalue weighted by atomic mass is 79.9. The first-order valence-corrected chi connectivity index (χ1v) is 10.1.